The Morgan fingerprint density at radius 3 is 2.50 bits per heavy atom. The number of hydrogen-bond donors (Lipinski definition) is 4. The van der Waals surface area contributed by atoms with Crippen molar-refractivity contribution in [3.8, 4) is 0 Å². The standard InChI is InChI=1S/C14H18B2Cl2N2O4/c1-8(2)6-14(15,16(23)24)20-12(21)7-19-13(22)10-5-9(17)3-4-11(10)18/h3-5,8,23-24H,6-7H2,1-2H3,(H,19,22)(H,20,21). The molecule has 6 nitrogen and oxygen atoms in total. The largest absolute Gasteiger partial charge is 0.468 e. The van der Waals surface area contributed by atoms with Crippen LogP contribution in [0.1, 0.15) is 30.6 Å². The van der Waals surface area contributed by atoms with Crippen molar-refractivity contribution in [2.75, 3.05) is 6.54 Å². The van der Waals surface area contributed by atoms with Gasteiger partial charge >= 0.3 is 7.12 Å². The van der Waals surface area contributed by atoms with E-state index in [2.05, 4.69) is 10.6 Å². The number of carbonyl (C=O) groups excluding carboxylic acids is 2. The van der Waals surface area contributed by atoms with Crippen LogP contribution in [0.25, 0.3) is 0 Å². The molecule has 4 N–H and O–H groups in total. The van der Waals surface area contributed by atoms with Gasteiger partial charge in [-0.25, -0.2) is 0 Å². The topological polar surface area (TPSA) is 98.7 Å². The summed E-state index contributed by atoms with van der Waals surface area (Å²) in [5, 5.41) is 22.3. The van der Waals surface area contributed by atoms with Crippen LogP contribution in [0.3, 0.4) is 0 Å². The van der Waals surface area contributed by atoms with Crippen LogP contribution in [0, 0.1) is 5.92 Å². The summed E-state index contributed by atoms with van der Waals surface area (Å²) in [6.45, 7) is 3.23. The Morgan fingerprint density at radius 1 is 1.33 bits per heavy atom. The molecule has 0 aliphatic carbocycles. The van der Waals surface area contributed by atoms with Crippen LogP contribution in [0.5, 0.6) is 0 Å². The summed E-state index contributed by atoms with van der Waals surface area (Å²) in [7, 11) is 3.88. The molecule has 0 saturated carbocycles. The molecule has 0 saturated heterocycles. The fourth-order valence-electron chi connectivity index (χ4n) is 2.13. The Kier molecular flexibility index (Phi) is 7.60. The number of hydrogen-bond acceptors (Lipinski definition) is 4. The number of nitrogens with one attached hydrogen (secondary N) is 2. The molecule has 0 aliphatic heterocycles. The van der Waals surface area contributed by atoms with Gasteiger partial charge in [0.05, 0.1) is 25.0 Å². The van der Waals surface area contributed by atoms with E-state index in [9.17, 15) is 19.6 Å². The van der Waals surface area contributed by atoms with Gasteiger partial charge in [0.2, 0.25) is 5.91 Å². The highest BCUT2D eigenvalue weighted by Crippen LogP contribution is 2.20. The molecule has 0 aromatic heterocycles. The molecule has 1 aromatic rings. The highest BCUT2D eigenvalue weighted by Gasteiger charge is 2.38. The Morgan fingerprint density at radius 2 is 1.96 bits per heavy atom. The molecule has 0 fully saturated rings. The summed E-state index contributed by atoms with van der Waals surface area (Å²) in [6.07, 6.45) is 0.143. The van der Waals surface area contributed by atoms with Gasteiger partial charge in [-0.1, -0.05) is 37.0 Å². The van der Waals surface area contributed by atoms with E-state index in [1.165, 1.54) is 18.2 Å². The maximum absolute atomic E-state index is 12.0. The molecule has 1 unspecified atom stereocenters. The normalized spacial score (nSPS) is 13.3. The molecule has 24 heavy (non-hydrogen) atoms. The maximum Gasteiger partial charge on any atom is 0.468 e. The van der Waals surface area contributed by atoms with Gasteiger partial charge < -0.3 is 20.7 Å². The average molecular weight is 371 g/mol. The highest BCUT2D eigenvalue weighted by atomic mass is 35.5. The first-order chi connectivity index (χ1) is 11.0. The monoisotopic (exact) mass is 370 g/mol. The molecule has 1 aromatic carbocycles. The number of amides is 2. The Hall–Kier alpha value is -1.21. The summed E-state index contributed by atoms with van der Waals surface area (Å²) in [5.41, 5.74) is 0.125. The number of rotatable bonds is 7. The van der Waals surface area contributed by atoms with E-state index in [-0.39, 0.29) is 22.9 Å². The third-order valence-electron chi connectivity index (χ3n) is 3.16. The smallest absolute Gasteiger partial charge is 0.426 e. The Bertz CT molecular complexity index is 616. The highest BCUT2D eigenvalue weighted by molar-refractivity contribution is 6.58. The van der Waals surface area contributed by atoms with Gasteiger partial charge in [-0.05, 0) is 30.5 Å². The summed E-state index contributed by atoms with van der Waals surface area (Å²) < 4.78 is 0. The van der Waals surface area contributed by atoms with Crippen LogP contribution in [-0.2, 0) is 4.79 Å². The van der Waals surface area contributed by atoms with E-state index >= 15 is 0 Å². The van der Waals surface area contributed by atoms with E-state index in [1.807, 2.05) is 13.8 Å². The summed E-state index contributed by atoms with van der Waals surface area (Å²) >= 11 is 11.7. The molecule has 128 valence electrons. The van der Waals surface area contributed by atoms with Crippen LogP contribution in [-0.4, -0.2) is 48.7 Å². The predicted molar refractivity (Wildman–Crippen MR) is 95.1 cm³/mol. The molecule has 1 atom stereocenters. The fraction of sp³-hybridized carbons (Fsp3) is 0.429. The lowest BCUT2D eigenvalue weighted by molar-refractivity contribution is -0.120. The zero-order valence-corrected chi connectivity index (χ0v) is 14.9. The molecule has 0 aliphatic rings. The summed E-state index contributed by atoms with van der Waals surface area (Å²) in [6, 6.07) is 4.37. The zero-order valence-electron chi connectivity index (χ0n) is 13.3. The van der Waals surface area contributed by atoms with Crippen molar-refractivity contribution in [1.82, 2.24) is 10.6 Å². The maximum atomic E-state index is 12.0. The number of halogens is 2. The summed E-state index contributed by atoms with van der Waals surface area (Å²) in [5.74, 6) is -1.25. The zero-order chi connectivity index (χ0) is 18.5. The third kappa shape index (κ3) is 6.02. The minimum atomic E-state index is -1.94. The van der Waals surface area contributed by atoms with E-state index in [4.69, 9.17) is 31.0 Å². The lowest BCUT2D eigenvalue weighted by atomic mass is 9.50. The lowest BCUT2D eigenvalue weighted by Crippen LogP contribution is -2.62. The van der Waals surface area contributed by atoms with E-state index in [0.717, 1.165) is 0 Å². The van der Waals surface area contributed by atoms with Crippen molar-refractivity contribution in [1.29, 1.82) is 0 Å². The van der Waals surface area contributed by atoms with Crippen molar-refractivity contribution >= 4 is 50.0 Å². The first-order valence-corrected chi connectivity index (χ1v) is 8.00. The average Bonchev–Trinajstić information content (AvgIpc) is 2.46. The van der Waals surface area contributed by atoms with Gasteiger partial charge in [0.1, 0.15) is 0 Å². The van der Waals surface area contributed by atoms with E-state index in [0.29, 0.717) is 5.02 Å². The molecule has 0 heterocycles. The first kappa shape index (κ1) is 20.8. The third-order valence-corrected chi connectivity index (χ3v) is 3.73. The van der Waals surface area contributed by atoms with Gasteiger partial charge in [-0.15, -0.1) is 0 Å². The van der Waals surface area contributed by atoms with Crippen molar-refractivity contribution < 1.29 is 19.6 Å². The second kappa shape index (κ2) is 8.76. The van der Waals surface area contributed by atoms with Crippen molar-refractivity contribution in [2.24, 2.45) is 5.92 Å². The SMILES string of the molecule is [B]C(CC(C)C)(NC(=O)CNC(=O)c1cc(Cl)ccc1Cl)B(O)O. The lowest BCUT2D eigenvalue weighted by Gasteiger charge is -2.32. The predicted octanol–water partition coefficient (Wildman–Crippen LogP) is 0.762. The van der Waals surface area contributed by atoms with Gasteiger partial charge in [0.25, 0.3) is 5.91 Å². The molecule has 2 amide bonds. The molecular weight excluding hydrogens is 353 g/mol. The van der Waals surface area contributed by atoms with Gasteiger partial charge in [0.15, 0.2) is 0 Å². The minimum Gasteiger partial charge on any atom is -0.426 e. The van der Waals surface area contributed by atoms with E-state index in [1.54, 1.807) is 0 Å². The van der Waals surface area contributed by atoms with Crippen molar-refractivity contribution in [3.05, 3.63) is 33.8 Å². The molecule has 0 spiro atoms. The molecule has 1 rings (SSSR count). The molecular formula is C14H18B2Cl2N2O4. The van der Waals surface area contributed by atoms with Crippen LogP contribution < -0.4 is 10.6 Å². The second-order valence-corrected chi connectivity index (χ2v) is 6.71. The molecule has 2 radical (unpaired) electrons. The van der Waals surface area contributed by atoms with Crippen LogP contribution in [0.15, 0.2) is 18.2 Å². The van der Waals surface area contributed by atoms with Crippen molar-refractivity contribution in [2.45, 2.75) is 25.6 Å². The minimum absolute atomic E-state index is 0.0111. The van der Waals surface area contributed by atoms with Crippen LogP contribution in [0.4, 0.5) is 0 Å². The van der Waals surface area contributed by atoms with Gasteiger partial charge in [-0.2, -0.15) is 0 Å². The van der Waals surface area contributed by atoms with Crippen LogP contribution in [0.2, 0.25) is 10.0 Å². The van der Waals surface area contributed by atoms with Gasteiger partial charge in [0, 0.05) is 10.4 Å². The molecule has 10 heteroatoms. The second-order valence-electron chi connectivity index (χ2n) is 5.87. The fourth-order valence-corrected chi connectivity index (χ4v) is 2.50. The quantitative estimate of drug-likeness (QED) is 0.533. The number of carbonyl (C=O) groups is 2. The Labute approximate surface area is 152 Å². The number of benzene rings is 1. The molecule has 0 bridgehead atoms. The van der Waals surface area contributed by atoms with Gasteiger partial charge in [-0.3, -0.25) is 9.59 Å². The summed E-state index contributed by atoms with van der Waals surface area (Å²) in [4.78, 5) is 24.0. The first-order valence-electron chi connectivity index (χ1n) is 7.24. The van der Waals surface area contributed by atoms with Crippen LogP contribution >= 0.6 is 23.2 Å². The van der Waals surface area contributed by atoms with Crippen molar-refractivity contribution in [3.63, 3.8) is 0 Å². The Balaban J connectivity index is 2.68. The van der Waals surface area contributed by atoms with E-state index < -0.39 is 30.8 Å².